The molecule has 3 rings (SSSR count). The largest absolute Gasteiger partial charge is 0.542 e. The summed E-state index contributed by atoms with van der Waals surface area (Å²) >= 11 is 0. The number of carbonyl (C=O) groups excluding carboxylic acids is 2. The number of aliphatic hydroxyl groups is 1. The van der Waals surface area contributed by atoms with Crippen LogP contribution >= 0.6 is 0 Å². The number of hydrogen-bond donors (Lipinski definition) is 1. The molecule has 1 aromatic rings. The number of β-lactam (4-membered cyclic amide) rings is 1. The van der Waals surface area contributed by atoms with Crippen LogP contribution < -0.4 is 0 Å². The van der Waals surface area contributed by atoms with E-state index in [2.05, 4.69) is 15.0 Å². The maximum absolute atomic E-state index is 12.9. The highest BCUT2D eigenvalue weighted by Crippen LogP contribution is 2.49. The third-order valence-electron chi connectivity index (χ3n) is 4.50. The van der Waals surface area contributed by atoms with Crippen molar-refractivity contribution in [2.75, 3.05) is 6.61 Å². The number of fused-ring (bicyclic) bond motifs is 1. The molecule has 2 fully saturated rings. The van der Waals surface area contributed by atoms with Gasteiger partial charge in [-0.25, -0.2) is 8.42 Å². The molecule has 10 nitrogen and oxygen atoms in total. The van der Waals surface area contributed by atoms with E-state index in [1.54, 1.807) is 0 Å². The first-order valence-corrected chi connectivity index (χ1v) is 8.25. The average Bonchev–Trinajstić information content (AvgIpc) is 3.05. The molecule has 1 amide bonds. The lowest BCUT2D eigenvalue weighted by Crippen LogP contribution is -2.64. The van der Waals surface area contributed by atoms with Crippen molar-refractivity contribution in [1.29, 1.82) is 0 Å². The van der Waals surface area contributed by atoms with Crippen LogP contribution in [0.15, 0.2) is 12.4 Å². The summed E-state index contributed by atoms with van der Waals surface area (Å²) in [6.07, 6.45) is 2.80. The van der Waals surface area contributed by atoms with Gasteiger partial charge in [0, 0.05) is 6.20 Å². The van der Waals surface area contributed by atoms with Crippen LogP contribution in [0.2, 0.25) is 0 Å². The van der Waals surface area contributed by atoms with Crippen molar-refractivity contribution in [2.24, 2.45) is 5.92 Å². The topological polar surface area (TPSA) is 132 Å². The van der Waals surface area contributed by atoms with Gasteiger partial charge in [-0.2, -0.15) is 0 Å². The van der Waals surface area contributed by atoms with E-state index in [1.165, 1.54) is 24.0 Å². The van der Waals surface area contributed by atoms with Gasteiger partial charge in [0.2, 0.25) is 5.91 Å². The Morgan fingerprint density at radius 3 is 2.78 bits per heavy atom. The highest BCUT2D eigenvalue weighted by atomic mass is 32.2. The van der Waals surface area contributed by atoms with Crippen molar-refractivity contribution in [3.05, 3.63) is 12.4 Å². The molecule has 2 aliphatic rings. The smallest absolute Gasteiger partial charge is 0.378 e. The first-order chi connectivity index (χ1) is 10.8. The number of rotatable bonds is 4. The summed E-state index contributed by atoms with van der Waals surface area (Å²) in [6, 6.07) is -1.41. The van der Waals surface area contributed by atoms with E-state index in [4.69, 9.17) is 8.05 Å². The van der Waals surface area contributed by atoms with Crippen molar-refractivity contribution in [2.45, 2.75) is 29.6 Å². The quantitative estimate of drug-likeness (QED) is 0.460. The molecule has 23 heavy (non-hydrogen) atoms. The van der Waals surface area contributed by atoms with E-state index in [1.807, 2.05) is 0 Å². The minimum atomic E-state index is -4.00. The van der Waals surface area contributed by atoms with Gasteiger partial charge >= 0.3 is 14.0 Å². The summed E-state index contributed by atoms with van der Waals surface area (Å²) < 4.78 is 29.6. The second-order valence-electron chi connectivity index (χ2n) is 5.72. The molecule has 0 bridgehead atoms. The first-order valence-electron chi connectivity index (χ1n) is 6.70. The number of aromatic nitrogens is 3. The molecule has 0 aromatic carbocycles. The number of carbonyl (C=O) groups is 2. The van der Waals surface area contributed by atoms with Gasteiger partial charge in [0.05, 0.1) is 25.3 Å². The molecule has 122 valence electrons. The molecular weight excluding hydrogens is 327 g/mol. The lowest BCUT2D eigenvalue weighted by atomic mass is 9.91. The Morgan fingerprint density at radius 2 is 2.26 bits per heavy atom. The fraction of sp³-hybridized carbons (Fsp3) is 0.636. The van der Waals surface area contributed by atoms with Crippen molar-refractivity contribution < 1.29 is 27.8 Å². The van der Waals surface area contributed by atoms with Gasteiger partial charge in [-0.1, -0.05) is 5.21 Å². The number of hydrogen-bond acceptors (Lipinski definition) is 8. The van der Waals surface area contributed by atoms with Gasteiger partial charge in [0.25, 0.3) is 0 Å². The molecule has 0 spiro atoms. The maximum Gasteiger partial charge on any atom is 0.378 e. The molecule has 1 N–H and O–H groups in total. The summed E-state index contributed by atoms with van der Waals surface area (Å²) in [6.45, 7) is 0.488. The van der Waals surface area contributed by atoms with Crippen LogP contribution in [0.1, 0.15) is 6.92 Å². The zero-order valence-electron chi connectivity index (χ0n) is 12.1. The summed E-state index contributed by atoms with van der Waals surface area (Å²) in [5.41, 5.74) is 0. The van der Waals surface area contributed by atoms with Gasteiger partial charge in [-0.3, -0.25) is 14.3 Å². The summed E-state index contributed by atoms with van der Waals surface area (Å²) in [5, 5.41) is 15.3. The fourth-order valence-electron chi connectivity index (χ4n) is 3.33. The highest BCUT2D eigenvalue weighted by molar-refractivity contribution is 7.93. The zero-order chi connectivity index (χ0) is 17.0. The van der Waals surface area contributed by atoms with E-state index in [0.29, 0.717) is 0 Å². The Labute approximate surface area is 132 Å². The normalized spacial score (nSPS) is 34.8. The molecule has 0 saturated carbocycles. The van der Waals surface area contributed by atoms with Gasteiger partial charge in [-0.05, 0) is 6.92 Å². The first kappa shape index (κ1) is 15.9. The molecule has 2 saturated heterocycles. The lowest BCUT2D eigenvalue weighted by molar-refractivity contribution is -0.164. The van der Waals surface area contributed by atoms with Crippen LogP contribution in [-0.4, -0.2) is 76.1 Å². The SMILES string of the molecule is [B]OC(=O)C1N2C(=O)[C@@H](CO)C2S(=O)(=O)[C@@]1(C)Cn1ccnn1. The third-order valence-corrected chi connectivity index (χ3v) is 7.34. The minimum Gasteiger partial charge on any atom is -0.542 e. The van der Waals surface area contributed by atoms with Gasteiger partial charge in [0.1, 0.15) is 10.1 Å². The standard InChI is InChI=1S/C11H13BN4O6S/c1-11(5-15-3-2-13-14-15)7(10(19)22-12)16-8(18)6(4-17)9(16)23(11,20)21/h2-3,6-7,9,17H,4-5H2,1H3/t6-,7?,9?,11+/m1/s1. The Hall–Kier alpha value is -1.95. The second-order valence-corrected chi connectivity index (χ2v) is 8.23. The van der Waals surface area contributed by atoms with E-state index < -0.39 is 50.4 Å². The van der Waals surface area contributed by atoms with Crippen molar-refractivity contribution in [3.63, 3.8) is 0 Å². The average molecular weight is 340 g/mol. The monoisotopic (exact) mass is 340 g/mol. The second kappa shape index (κ2) is 5.03. The van der Waals surface area contributed by atoms with Crippen LogP contribution in [0.4, 0.5) is 0 Å². The summed E-state index contributed by atoms with van der Waals surface area (Å²) in [7, 11) is 0.911. The molecule has 2 unspecified atom stereocenters. The zero-order valence-corrected chi connectivity index (χ0v) is 12.9. The van der Waals surface area contributed by atoms with E-state index in [-0.39, 0.29) is 6.54 Å². The van der Waals surface area contributed by atoms with Crippen LogP contribution in [0, 0.1) is 5.92 Å². The van der Waals surface area contributed by atoms with Gasteiger partial charge in [-0.15, -0.1) is 5.10 Å². The molecule has 12 heteroatoms. The third kappa shape index (κ3) is 1.87. The molecule has 2 aliphatic heterocycles. The van der Waals surface area contributed by atoms with Crippen molar-refractivity contribution in [3.8, 4) is 0 Å². The highest BCUT2D eigenvalue weighted by Gasteiger charge is 2.73. The van der Waals surface area contributed by atoms with Crippen molar-refractivity contribution >= 4 is 29.8 Å². The molecular formula is C11H13BN4O6S. The summed E-state index contributed by atoms with van der Waals surface area (Å²) in [5.74, 6) is -2.76. The van der Waals surface area contributed by atoms with Crippen LogP contribution in [0.5, 0.6) is 0 Å². The Morgan fingerprint density at radius 1 is 1.57 bits per heavy atom. The molecule has 1 aromatic heterocycles. The van der Waals surface area contributed by atoms with Crippen LogP contribution in [0.25, 0.3) is 0 Å². The minimum absolute atomic E-state index is 0.215. The Bertz CT molecular complexity index is 753. The number of amides is 1. The lowest BCUT2D eigenvalue weighted by Gasteiger charge is -2.42. The van der Waals surface area contributed by atoms with Crippen LogP contribution in [0.3, 0.4) is 0 Å². The molecule has 0 aliphatic carbocycles. The summed E-state index contributed by atoms with van der Waals surface area (Å²) in [4.78, 5) is 25.1. The van der Waals surface area contributed by atoms with Crippen LogP contribution in [-0.2, 0) is 30.6 Å². The Kier molecular flexibility index (Phi) is 3.48. The predicted octanol–water partition coefficient (Wildman–Crippen LogP) is -2.76. The fourth-order valence-corrected chi connectivity index (χ4v) is 5.87. The molecule has 2 radical (unpaired) electrons. The number of aliphatic hydroxyl groups excluding tert-OH is 1. The number of nitrogens with zero attached hydrogens (tertiary/aromatic N) is 4. The van der Waals surface area contributed by atoms with Crippen molar-refractivity contribution in [1.82, 2.24) is 19.9 Å². The van der Waals surface area contributed by atoms with Gasteiger partial charge < -0.3 is 14.7 Å². The maximum atomic E-state index is 12.9. The predicted molar refractivity (Wildman–Crippen MR) is 74.2 cm³/mol. The molecule has 4 atom stereocenters. The van der Waals surface area contributed by atoms with E-state index >= 15 is 0 Å². The molecule has 3 heterocycles. The van der Waals surface area contributed by atoms with E-state index in [9.17, 15) is 23.1 Å². The Balaban J connectivity index is 2.11. The van der Waals surface area contributed by atoms with Gasteiger partial charge in [0.15, 0.2) is 15.9 Å². The number of sulfone groups is 1. The van der Waals surface area contributed by atoms with E-state index in [0.717, 1.165) is 4.90 Å².